The van der Waals surface area contributed by atoms with E-state index >= 15 is 0 Å². The van der Waals surface area contributed by atoms with Crippen molar-refractivity contribution < 1.29 is 17.4 Å². The zero-order chi connectivity index (χ0) is 9.90. The van der Waals surface area contributed by atoms with Gasteiger partial charge >= 0.3 is 6.18 Å². The first-order valence-electron chi connectivity index (χ1n) is 3.42. The summed E-state index contributed by atoms with van der Waals surface area (Å²) in [7, 11) is 0. The van der Waals surface area contributed by atoms with Crippen molar-refractivity contribution in [1.29, 1.82) is 0 Å². The molecule has 0 fully saturated rings. The third kappa shape index (κ3) is 2.55. The van der Waals surface area contributed by atoms with Gasteiger partial charge in [-0.1, -0.05) is 12.1 Å². The molecule has 1 aromatic rings. The molecule has 0 atom stereocenters. The fraction of sp³-hybridized carbons (Fsp3) is 0.250. The SMILES string of the molecule is CSOc1ccccc1C(F)(F)F. The van der Waals surface area contributed by atoms with E-state index in [0.717, 1.165) is 18.1 Å². The Hall–Kier alpha value is -0.840. The topological polar surface area (TPSA) is 9.23 Å². The zero-order valence-corrected chi connectivity index (χ0v) is 7.58. The van der Waals surface area contributed by atoms with Gasteiger partial charge in [-0.25, -0.2) is 0 Å². The lowest BCUT2D eigenvalue weighted by Crippen LogP contribution is -2.06. The van der Waals surface area contributed by atoms with Crippen LogP contribution < -0.4 is 4.18 Å². The Kier molecular flexibility index (Phi) is 3.08. The average molecular weight is 208 g/mol. The summed E-state index contributed by atoms with van der Waals surface area (Å²) in [6, 6.07) is 5.11. The van der Waals surface area contributed by atoms with Gasteiger partial charge in [-0.15, -0.1) is 0 Å². The molecule has 0 bridgehead atoms. The molecule has 1 nitrogen and oxygen atoms in total. The van der Waals surface area contributed by atoms with E-state index in [1.54, 1.807) is 6.26 Å². The Morgan fingerprint density at radius 3 is 2.38 bits per heavy atom. The summed E-state index contributed by atoms with van der Waals surface area (Å²) in [5.74, 6) is -0.150. The third-order valence-corrected chi connectivity index (χ3v) is 1.71. The summed E-state index contributed by atoms with van der Waals surface area (Å²) in [5.41, 5.74) is -0.746. The first-order chi connectivity index (χ1) is 6.05. The molecule has 0 aliphatic rings. The molecule has 0 N–H and O–H groups in total. The Labute approximate surface area is 78.1 Å². The second-order valence-electron chi connectivity index (χ2n) is 2.24. The molecular weight excluding hydrogens is 201 g/mol. The van der Waals surface area contributed by atoms with E-state index in [-0.39, 0.29) is 5.75 Å². The van der Waals surface area contributed by atoms with Gasteiger partial charge in [-0.3, -0.25) is 0 Å². The fourth-order valence-corrected chi connectivity index (χ4v) is 1.19. The second-order valence-corrected chi connectivity index (χ2v) is 2.74. The molecule has 1 aromatic carbocycles. The molecule has 0 radical (unpaired) electrons. The molecular formula is C8H7F3OS. The Bertz CT molecular complexity index is 285. The zero-order valence-electron chi connectivity index (χ0n) is 6.76. The van der Waals surface area contributed by atoms with E-state index in [9.17, 15) is 13.2 Å². The summed E-state index contributed by atoms with van der Waals surface area (Å²) in [6.07, 6.45) is -2.79. The van der Waals surface area contributed by atoms with Crippen LogP contribution in [0, 0.1) is 0 Å². The van der Waals surface area contributed by atoms with Crippen LogP contribution in [0.15, 0.2) is 24.3 Å². The maximum absolute atomic E-state index is 12.3. The van der Waals surface area contributed by atoms with Gasteiger partial charge in [0.25, 0.3) is 0 Å². The number of hydrogen-bond acceptors (Lipinski definition) is 2. The van der Waals surface area contributed by atoms with Gasteiger partial charge in [-0.05, 0) is 12.1 Å². The summed E-state index contributed by atoms with van der Waals surface area (Å²) in [6.45, 7) is 0. The molecule has 0 aliphatic carbocycles. The molecule has 0 aliphatic heterocycles. The molecule has 0 amide bonds. The van der Waals surface area contributed by atoms with Crippen LogP contribution in [0.2, 0.25) is 0 Å². The van der Waals surface area contributed by atoms with Crippen molar-refractivity contribution in [2.75, 3.05) is 6.26 Å². The van der Waals surface area contributed by atoms with Crippen LogP contribution in [0.3, 0.4) is 0 Å². The summed E-state index contributed by atoms with van der Waals surface area (Å²) >= 11 is 0.885. The first-order valence-corrected chi connectivity index (χ1v) is 4.57. The van der Waals surface area contributed by atoms with Gasteiger partial charge in [0, 0.05) is 6.26 Å². The monoisotopic (exact) mass is 208 g/mol. The van der Waals surface area contributed by atoms with Crippen molar-refractivity contribution in [3.63, 3.8) is 0 Å². The third-order valence-electron chi connectivity index (χ3n) is 1.37. The molecule has 0 unspecified atom stereocenters. The van der Waals surface area contributed by atoms with Crippen LogP contribution >= 0.6 is 12.0 Å². The van der Waals surface area contributed by atoms with Crippen molar-refractivity contribution in [3.8, 4) is 5.75 Å². The van der Waals surface area contributed by atoms with E-state index in [1.165, 1.54) is 18.2 Å². The largest absolute Gasteiger partial charge is 0.425 e. The van der Waals surface area contributed by atoms with E-state index < -0.39 is 11.7 Å². The molecule has 72 valence electrons. The molecule has 1 rings (SSSR count). The van der Waals surface area contributed by atoms with Crippen molar-refractivity contribution in [2.24, 2.45) is 0 Å². The normalized spacial score (nSPS) is 11.4. The number of alkyl halides is 3. The van der Waals surface area contributed by atoms with E-state index in [2.05, 4.69) is 0 Å². The summed E-state index contributed by atoms with van der Waals surface area (Å²) in [4.78, 5) is 0. The molecule has 5 heteroatoms. The van der Waals surface area contributed by atoms with Crippen LogP contribution in [0.5, 0.6) is 5.75 Å². The van der Waals surface area contributed by atoms with Crippen LogP contribution in [-0.4, -0.2) is 6.26 Å². The fourth-order valence-electron chi connectivity index (χ4n) is 0.863. The minimum Gasteiger partial charge on any atom is -0.425 e. The van der Waals surface area contributed by atoms with Crippen molar-refractivity contribution in [1.82, 2.24) is 0 Å². The number of para-hydroxylation sites is 1. The van der Waals surface area contributed by atoms with Crippen molar-refractivity contribution in [3.05, 3.63) is 29.8 Å². The average Bonchev–Trinajstić information content (AvgIpc) is 2.04. The maximum atomic E-state index is 12.3. The lowest BCUT2D eigenvalue weighted by Gasteiger charge is -2.10. The van der Waals surface area contributed by atoms with E-state index in [0.29, 0.717) is 0 Å². The van der Waals surface area contributed by atoms with Gasteiger partial charge in [-0.2, -0.15) is 13.2 Å². The lowest BCUT2D eigenvalue weighted by atomic mass is 10.2. The summed E-state index contributed by atoms with van der Waals surface area (Å²) in [5, 5.41) is 0. The van der Waals surface area contributed by atoms with Crippen LogP contribution in [0.4, 0.5) is 13.2 Å². The van der Waals surface area contributed by atoms with Crippen molar-refractivity contribution >= 4 is 12.0 Å². The highest BCUT2D eigenvalue weighted by molar-refractivity contribution is 7.94. The van der Waals surface area contributed by atoms with E-state index in [4.69, 9.17) is 4.18 Å². The molecule has 0 aromatic heterocycles. The smallest absolute Gasteiger partial charge is 0.420 e. The number of hydrogen-bond donors (Lipinski definition) is 0. The quantitative estimate of drug-likeness (QED) is 0.689. The van der Waals surface area contributed by atoms with Gasteiger partial charge < -0.3 is 4.18 Å². The molecule has 13 heavy (non-hydrogen) atoms. The second kappa shape index (κ2) is 3.91. The van der Waals surface area contributed by atoms with Crippen LogP contribution in [0.25, 0.3) is 0 Å². The van der Waals surface area contributed by atoms with E-state index in [1.807, 2.05) is 0 Å². The maximum Gasteiger partial charge on any atom is 0.420 e. The Balaban J connectivity index is 3.05. The molecule has 0 heterocycles. The minimum atomic E-state index is -4.35. The highest BCUT2D eigenvalue weighted by Crippen LogP contribution is 2.36. The minimum absolute atomic E-state index is 0.150. The highest BCUT2D eigenvalue weighted by Gasteiger charge is 2.34. The number of rotatable bonds is 2. The van der Waals surface area contributed by atoms with Crippen LogP contribution in [0.1, 0.15) is 5.56 Å². The van der Waals surface area contributed by atoms with Gasteiger partial charge in [0.2, 0.25) is 0 Å². The molecule has 0 spiro atoms. The van der Waals surface area contributed by atoms with Gasteiger partial charge in [0.05, 0.1) is 17.6 Å². The predicted octanol–water partition coefficient (Wildman–Crippen LogP) is 3.36. The molecule has 0 saturated carbocycles. The van der Waals surface area contributed by atoms with Crippen LogP contribution in [-0.2, 0) is 6.18 Å². The summed E-state index contributed by atoms with van der Waals surface area (Å²) < 4.78 is 41.6. The molecule has 0 saturated heterocycles. The first kappa shape index (κ1) is 10.2. The number of benzene rings is 1. The highest BCUT2D eigenvalue weighted by atomic mass is 32.2. The predicted molar refractivity (Wildman–Crippen MR) is 45.6 cm³/mol. The Morgan fingerprint density at radius 1 is 1.23 bits per heavy atom. The van der Waals surface area contributed by atoms with Gasteiger partial charge in [0.15, 0.2) is 0 Å². The van der Waals surface area contributed by atoms with Crippen molar-refractivity contribution in [2.45, 2.75) is 6.18 Å². The standard InChI is InChI=1S/C8H7F3OS/c1-13-12-7-5-3-2-4-6(7)8(9,10)11/h2-5H,1H3. The van der Waals surface area contributed by atoms with Gasteiger partial charge in [0.1, 0.15) is 5.75 Å². The Morgan fingerprint density at radius 2 is 1.85 bits per heavy atom. The number of halogens is 3. The lowest BCUT2D eigenvalue weighted by molar-refractivity contribution is -0.138.